The van der Waals surface area contributed by atoms with Crippen LogP contribution in [0.1, 0.15) is 18.1 Å². The third-order valence-electron chi connectivity index (χ3n) is 2.06. The van der Waals surface area contributed by atoms with Crippen molar-refractivity contribution in [3.63, 3.8) is 0 Å². The molecule has 0 spiro atoms. The Morgan fingerprint density at radius 2 is 2.00 bits per heavy atom. The lowest BCUT2D eigenvalue weighted by atomic mass is 10.1. The van der Waals surface area contributed by atoms with Crippen molar-refractivity contribution in [2.75, 3.05) is 13.2 Å². The third-order valence-corrected chi connectivity index (χ3v) is 2.06. The highest BCUT2D eigenvalue weighted by Gasteiger charge is 1.91. The van der Waals surface area contributed by atoms with E-state index in [9.17, 15) is 0 Å². The molecule has 15 heavy (non-hydrogen) atoms. The van der Waals surface area contributed by atoms with Gasteiger partial charge in [0.05, 0.1) is 13.2 Å². The number of rotatable bonds is 5. The highest BCUT2D eigenvalue weighted by Crippen LogP contribution is 2.08. The first-order chi connectivity index (χ1) is 7.22. The largest absolute Gasteiger partial charge is 0.373 e. The standard InChI is InChI=1S/C14H18O/c1-4-9-15-11-13(3)10-14-7-5-12(2)6-8-14/h4-8,10H,1,9,11H2,2-3H3. The summed E-state index contributed by atoms with van der Waals surface area (Å²) in [5, 5.41) is 0. The van der Waals surface area contributed by atoms with Crippen molar-refractivity contribution in [1.29, 1.82) is 0 Å². The van der Waals surface area contributed by atoms with Crippen molar-refractivity contribution in [2.24, 2.45) is 0 Å². The zero-order valence-electron chi connectivity index (χ0n) is 9.49. The normalized spacial score (nSPS) is 11.5. The van der Waals surface area contributed by atoms with Gasteiger partial charge in [-0.15, -0.1) is 6.58 Å². The zero-order valence-corrected chi connectivity index (χ0v) is 9.49. The van der Waals surface area contributed by atoms with Crippen LogP contribution in [-0.2, 0) is 4.74 Å². The fourth-order valence-corrected chi connectivity index (χ4v) is 1.29. The quantitative estimate of drug-likeness (QED) is 0.523. The Kier molecular flexibility index (Phi) is 4.85. The predicted molar refractivity (Wildman–Crippen MR) is 65.8 cm³/mol. The molecule has 1 aromatic carbocycles. The Morgan fingerprint density at radius 1 is 1.33 bits per heavy atom. The molecular formula is C14H18O. The third kappa shape index (κ3) is 4.61. The fraction of sp³-hybridized carbons (Fsp3) is 0.286. The van der Waals surface area contributed by atoms with Gasteiger partial charge in [-0.05, 0) is 25.0 Å². The molecule has 1 heteroatoms. The van der Waals surface area contributed by atoms with E-state index in [1.54, 1.807) is 6.08 Å². The molecule has 0 aliphatic heterocycles. The first-order valence-corrected chi connectivity index (χ1v) is 5.15. The van der Waals surface area contributed by atoms with Crippen LogP contribution in [0.3, 0.4) is 0 Å². The number of ether oxygens (including phenoxy) is 1. The van der Waals surface area contributed by atoms with E-state index in [4.69, 9.17) is 4.74 Å². The average molecular weight is 202 g/mol. The summed E-state index contributed by atoms with van der Waals surface area (Å²) in [5.41, 5.74) is 3.73. The van der Waals surface area contributed by atoms with Crippen LogP contribution in [0.15, 0.2) is 42.5 Å². The molecule has 0 atom stereocenters. The smallest absolute Gasteiger partial charge is 0.0681 e. The van der Waals surface area contributed by atoms with Gasteiger partial charge in [-0.3, -0.25) is 0 Å². The average Bonchev–Trinajstić information content (AvgIpc) is 2.22. The summed E-state index contributed by atoms with van der Waals surface area (Å²) >= 11 is 0. The van der Waals surface area contributed by atoms with E-state index in [-0.39, 0.29) is 0 Å². The molecule has 0 radical (unpaired) electrons. The van der Waals surface area contributed by atoms with E-state index in [1.807, 2.05) is 0 Å². The van der Waals surface area contributed by atoms with Crippen LogP contribution in [0.25, 0.3) is 6.08 Å². The van der Waals surface area contributed by atoms with Gasteiger partial charge in [-0.2, -0.15) is 0 Å². The monoisotopic (exact) mass is 202 g/mol. The molecule has 80 valence electrons. The fourth-order valence-electron chi connectivity index (χ4n) is 1.29. The highest BCUT2D eigenvalue weighted by molar-refractivity contribution is 5.52. The topological polar surface area (TPSA) is 9.23 Å². The van der Waals surface area contributed by atoms with Gasteiger partial charge >= 0.3 is 0 Å². The minimum absolute atomic E-state index is 0.610. The minimum atomic E-state index is 0.610. The lowest BCUT2D eigenvalue weighted by Gasteiger charge is -2.02. The molecule has 0 N–H and O–H groups in total. The van der Waals surface area contributed by atoms with Gasteiger partial charge in [0.2, 0.25) is 0 Å². The van der Waals surface area contributed by atoms with E-state index in [0.717, 1.165) is 0 Å². The molecule has 1 aromatic rings. The second kappa shape index (κ2) is 6.20. The number of hydrogen-bond donors (Lipinski definition) is 0. The number of hydrogen-bond acceptors (Lipinski definition) is 1. The first-order valence-electron chi connectivity index (χ1n) is 5.15. The maximum absolute atomic E-state index is 5.35. The summed E-state index contributed by atoms with van der Waals surface area (Å²) in [6.45, 7) is 9.05. The van der Waals surface area contributed by atoms with Gasteiger partial charge in [-0.25, -0.2) is 0 Å². The Morgan fingerprint density at radius 3 is 2.60 bits per heavy atom. The second-order valence-corrected chi connectivity index (χ2v) is 3.71. The van der Waals surface area contributed by atoms with Crippen molar-refractivity contribution in [1.82, 2.24) is 0 Å². The lowest BCUT2D eigenvalue weighted by Crippen LogP contribution is -1.95. The second-order valence-electron chi connectivity index (χ2n) is 3.71. The van der Waals surface area contributed by atoms with Crippen LogP contribution in [0, 0.1) is 6.92 Å². The molecule has 0 amide bonds. The maximum Gasteiger partial charge on any atom is 0.0681 e. The first kappa shape index (κ1) is 11.7. The lowest BCUT2D eigenvalue weighted by molar-refractivity contribution is 0.188. The van der Waals surface area contributed by atoms with Crippen LogP contribution in [0.4, 0.5) is 0 Å². The molecule has 0 saturated heterocycles. The van der Waals surface area contributed by atoms with E-state index in [0.29, 0.717) is 13.2 Å². The SMILES string of the molecule is C=CCOCC(C)=Cc1ccc(C)cc1. The van der Waals surface area contributed by atoms with E-state index in [2.05, 4.69) is 50.8 Å². The van der Waals surface area contributed by atoms with Gasteiger partial charge in [0.15, 0.2) is 0 Å². The molecule has 0 heterocycles. The van der Waals surface area contributed by atoms with Crippen LogP contribution >= 0.6 is 0 Å². The Balaban J connectivity index is 2.54. The summed E-state index contributed by atoms with van der Waals surface area (Å²) < 4.78 is 5.35. The maximum atomic E-state index is 5.35. The minimum Gasteiger partial charge on any atom is -0.373 e. The summed E-state index contributed by atoms with van der Waals surface area (Å²) in [4.78, 5) is 0. The van der Waals surface area contributed by atoms with Gasteiger partial charge in [0.25, 0.3) is 0 Å². The van der Waals surface area contributed by atoms with Gasteiger partial charge in [-0.1, -0.05) is 42.0 Å². The molecule has 0 aromatic heterocycles. The van der Waals surface area contributed by atoms with Gasteiger partial charge in [0, 0.05) is 0 Å². The highest BCUT2D eigenvalue weighted by atomic mass is 16.5. The molecule has 0 aliphatic rings. The van der Waals surface area contributed by atoms with E-state index < -0.39 is 0 Å². The van der Waals surface area contributed by atoms with Crippen molar-refractivity contribution in [3.8, 4) is 0 Å². The summed E-state index contributed by atoms with van der Waals surface area (Å²) in [6, 6.07) is 8.46. The van der Waals surface area contributed by atoms with Crippen molar-refractivity contribution in [2.45, 2.75) is 13.8 Å². The molecule has 1 nitrogen and oxygen atoms in total. The summed E-state index contributed by atoms with van der Waals surface area (Å²) in [6.07, 6.45) is 3.90. The molecular weight excluding hydrogens is 184 g/mol. The van der Waals surface area contributed by atoms with E-state index >= 15 is 0 Å². The Labute approximate surface area is 92.1 Å². The Bertz CT molecular complexity index is 333. The number of benzene rings is 1. The van der Waals surface area contributed by atoms with Crippen molar-refractivity contribution in [3.05, 3.63) is 53.6 Å². The van der Waals surface area contributed by atoms with E-state index in [1.165, 1.54) is 16.7 Å². The molecule has 0 saturated carbocycles. The van der Waals surface area contributed by atoms with Crippen LogP contribution < -0.4 is 0 Å². The molecule has 1 rings (SSSR count). The molecule has 0 bridgehead atoms. The number of aryl methyl sites for hydroxylation is 1. The van der Waals surface area contributed by atoms with Crippen molar-refractivity contribution >= 4 is 6.08 Å². The Hall–Kier alpha value is -1.34. The van der Waals surface area contributed by atoms with Crippen LogP contribution in [-0.4, -0.2) is 13.2 Å². The van der Waals surface area contributed by atoms with Gasteiger partial charge < -0.3 is 4.74 Å². The molecule has 0 fully saturated rings. The summed E-state index contributed by atoms with van der Waals surface area (Å²) in [5.74, 6) is 0. The molecule has 0 unspecified atom stereocenters. The zero-order chi connectivity index (χ0) is 11.1. The van der Waals surface area contributed by atoms with Crippen LogP contribution in [0.2, 0.25) is 0 Å². The van der Waals surface area contributed by atoms with Gasteiger partial charge in [0.1, 0.15) is 0 Å². The van der Waals surface area contributed by atoms with Crippen LogP contribution in [0.5, 0.6) is 0 Å². The molecule has 0 aliphatic carbocycles. The predicted octanol–water partition coefficient (Wildman–Crippen LogP) is 3.60. The summed E-state index contributed by atoms with van der Waals surface area (Å²) in [7, 11) is 0. The van der Waals surface area contributed by atoms with Crippen molar-refractivity contribution < 1.29 is 4.74 Å².